The number of carbonyl (C=O) groups is 2. The molecule has 1 atom stereocenters. The molecule has 5 nitrogen and oxygen atoms in total. The predicted molar refractivity (Wildman–Crippen MR) is 58.1 cm³/mol. The number of hydrogen-bond acceptors (Lipinski definition) is 3. The number of para-hydroxylation sites is 1. The number of rotatable bonds is 3. The highest BCUT2D eigenvalue weighted by atomic mass is 16.5. The standard InChI is InChI=1S/C11H12N2O3/c1-16-7-9-10(14)13(11(15)12-9)8-5-3-2-4-6-8/h2-6,9H,7H2,1H3,(H,12,15). The molecule has 1 saturated heterocycles. The summed E-state index contributed by atoms with van der Waals surface area (Å²) in [5.74, 6) is -0.280. The number of ether oxygens (including phenoxy) is 1. The Morgan fingerprint density at radius 2 is 2.00 bits per heavy atom. The molecule has 0 spiro atoms. The van der Waals surface area contributed by atoms with Crippen molar-refractivity contribution in [3.63, 3.8) is 0 Å². The Balaban J connectivity index is 2.23. The molecule has 1 unspecified atom stereocenters. The van der Waals surface area contributed by atoms with Gasteiger partial charge in [-0.2, -0.15) is 0 Å². The van der Waals surface area contributed by atoms with Gasteiger partial charge in [-0.05, 0) is 12.1 Å². The van der Waals surface area contributed by atoms with Crippen LogP contribution in [0, 0.1) is 0 Å². The minimum Gasteiger partial charge on any atom is -0.382 e. The van der Waals surface area contributed by atoms with Crippen LogP contribution in [0.2, 0.25) is 0 Å². The molecule has 1 fully saturated rings. The Labute approximate surface area is 93.0 Å². The summed E-state index contributed by atoms with van der Waals surface area (Å²) in [5.41, 5.74) is 0.573. The second-order valence-electron chi connectivity index (χ2n) is 3.47. The Hall–Kier alpha value is -1.88. The molecule has 5 heteroatoms. The number of hydrogen-bond donors (Lipinski definition) is 1. The third-order valence-corrected chi connectivity index (χ3v) is 2.37. The van der Waals surface area contributed by atoms with Crippen LogP contribution in [0.3, 0.4) is 0 Å². The van der Waals surface area contributed by atoms with Crippen LogP contribution in [0.25, 0.3) is 0 Å². The number of nitrogens with one attached hydrogen (secondary N) is 1. The van der Waals surface area contributed by atoms with Gasteiger partial charge in [0.05, 0.1) is 12.3 Å². The van der Waals surface area contributed by atoms with Crippen molar-refractivity contribution < 1.29 is 14.3 Å². The normalized spacial score (nSPS) is 20.1. The second kappa shape index (κ2) is 4.32. The van der Waals surface area contributed by atoms with Crippen molar-refractivity contribution in [2.75, 3.05) is 18.6 Å². The van der Waals surface area contributed by atoms with Gasteiger partial charge in [0, 0.05) is 7.11 Å². The third kappa shape index (κ3) is 1.77. The fourth-order valence-electron chi connectivity index (χ4n) is 1.63. The van der Waals surface area contributed by atoms with E-state index in [1.807, 2.05) is 6.07 Å². The van der Waals surface area contributed by atoms with Crippen molar-refractivity contribution in [2.24, 2.45) is 0 Å². The van der Waals surface area contributed by atoms with E-state index in [9.17, 15) is 9.59 Å². The van der Waals surface area contributed by atoms with E-state index in [2.05, 4.69) is 5.32 Å². The summed E-state index contributed by atoms with van der Waals surface area (Å²) in [4.78, 5) is 24.6. The number of imide groups is 1. The molecule has 16 heavy (non-hydrogen) atoms. The molecule has 3 amide bonds. The van der Waals surface area contributed by atoms with Crippen LogP contribution in [-0.4, -0.2) is 31.7 Å². The van der Waals surface area contributed by atoms with Gasteiger partial charge in [0.25, 0.3) is 5.91 Å². The molecule has 0 aliphatic carbocycles. The molecule has 0 bridgehead atoms. The maximum Gasteiger partial charge on any atom is 0.329 e. The van der Waals surface area contributed by atoms with Gasteiger partial charge in [-0.1, -0.05) is 18.2 Å². The Bertz CT molecular complexity index is 405. The van der Waals surface area contributed by atoms with Gasteiger partial charge in [0.2, 0.25) is 0 Å². The molecule has 1 aromatic carbocycles. The molecule has 1 aromatic rings. The van der Waals surface area contributed by atoms with Crippen LogP contribution in [0.4, 0.5) is 10.5 Å². The quantitative estimate of drug-likeness (QED) is 0.765. The van der Waals surface area contributed by atoms with Gasteiger partial charge in [-0.15, -0.1) is 0 Å². The topological polar surface area (TPSA) is 58.6 Å². The third-order valence-electron chi connectivity index (χ3n) is 2.37. The molecular formula is C11H12N2O3. The van der Waals surface area contributed by atoms with E-state index in [0.29, 0.717) is 5.69 Å². The van der Waals surface area contributed by atoms with E-state index in [4.69, 9.17) is 4.74 Å². The summed E-state index contributed by atoms with van der Waals surface area (Å²) in [6.07, 6.45) is 0. The summed E-state index contributed by atoms with van der Waals surface area (Å²) in [6.45, 7) is 0.188. The lowest BCUT2D eigenvalue weighted by atomic mass is 10.2. The largest absolute Gasteiger partial charge is 0.382 e. The summed E-state index contributed by atoms with van der Waals surface area (Å²) < 4.78 is 4.87. The maximum absolute atomic E-state index is 11.9. The smallest absolute Gasteiger partial charge is 0.329 e. The molecule has 1 aliphatic rings. The molecule has 2 rings (SSSR count). The zero-order valence-electron chi connectivity index (χ0n) is 8.84. The van der Waals surface area contributed by atoms with Crippen molar-refractivity contribution >= 4 is 17.6 Å². The van der Waals surface area contributed by atoms with Crippen LogP contribution in [-0.2, 0) is 9.53 Å². The second-order valence-corrected chi connectivity index (χ2v) is 3.47. The van der Waals surface area contributed by atoms with Gasteiger partial charge in [-0.25, -0.2) is 9.69 Å². The number of anilines is 1. The number of amides is 3. The summed E-state index contributed by atoms with van der Waals surface area (Å²) in [5, 5.41) is 2.57. The molecule has 0 saturated carbocycles. The molecular weight excluding hydrogens is 208 g/mol. The monoisotopic (exact) mass is 220 g/mol. The van der Waals surface area contributed by atoms with Gasteiger partial charge in [0.15, 0.2) is 0 Å². The highest BCUT2D eigenvalue weighted by Crippen LogP contribution is 2.18. The first-order valence-electron chi connectivity index (χ1n) is 4.92. The van der Waals surface area contributed by atoms with E-state index in [0.717, 1.165) is 4.90 Å². The zero-order chi connectivity index (χ0) is 11.5. The Morgan fingerprint density at radius 1 is 1.31 bits per heavy atom. The maximum atomic E-state index is 11.9. The molecule has 1 heterocycles. The minimum atomic E-state index is -0.585. The minimum absolute atomic E-state index is 0.188. The van der Waals surface area contributed by atoms with Crippen molar-refractivity contribution in [3.05, 3.63) is 30.3 Å². The lowest BCUT2D eigenvalue weighted by Crippen LogP contribution is -2.34. The number of methoxy groups -OCH3 is 1. The van der Waals surface area contributed by atoms with Crippen LogP contribution in [0.5, 0.6) is 0 Å². The average molecular weight is 220 g/mol. The highest BCUT2D eigenvalue weighted by Gasteiger charge is 2.38. The first kappa shape index (κ1) is 10.6. The van der Waals surface area contributed by atoms with Gasteiger partial charge in [0.1, 0.15) is 6.04 Å². The van der Waals surface area contributed by atoms with Gasteiger partial charge in [-0.3, -0.25) is 4.79 Å². The Kier molecular flexibility index (Phi) is 2.87. The Morgan fingerprint density at radius 3 is 2.62 bits per heavy atom. The van der Waals surface area contributed by atoms with E-state index in [1.54, 1.807) is 24.3 Å². The SMILES string of the molecule is COCC1NC(=O)N(c2ccccc2)C1=O. The fourth-order valence-corrected chi connectivity index (χ4v) is 1.63. The lowest BCUT2D eigenvalue weighted by Gasteiger charge is -2.12. The molecule has 84 valence electrons. The number of urea groups is 1. The van der Waals surface area contributed by atoms with Crippen LogP contribution in [0.15, 0.2) is 30.3 Å². The van der Waals surface area contributed by atoms with Gasteiger partial charge >= 0.3 is 6.03 Å². The van der Waals surface area contributed by atoms with Crippen molar-refractivity contribution in [1.82, 2.24) is 5.32 Å². The van der Waals surface area contributed by atoms with E-state index in [1.165, 1.54) is 7.11 Å². The lowest BCUT2D eigenvalue weighted by molar-refractivity contribution is -0.119. The van der Waals surface area contributed by atoms with E-state index >= 15 is 0 Å². The molecule has 0 aromatic heterocycles. The van der Waals surface area contributed by atoms with Crippen LogP contribution < -0.4 is 10.2 Å². The first-order chi connectivity index (χ1) is 7.74. The number of benzene rings is 1. The molecule has 1 N–H and O–H groups in total. The number of nitrogens with zero attached hydrogens (tertiary/aromatic N) is 1. The van der Waals surface area contributed by atoms with Crippen LogP contribution >= 0.6 is 0 Å². The molecule has 1 aliphatic heterocycles. The van der Waals surface area contributed by atoms with E-state index < -0.39 is 12.1 Å². The predicted octanol–water partition coefficient (Wildman–Crippen LogP) is 0.758. The summed E-state index contributed by atoms with van der Waals surface area (Å²) in [7, 11) is 1.49. The average Bonchev–Trinajstić information content (AvgIpc) is 2.56. The molecule has 0 radical (unpaired) electrons. The highest BCUT2D eigenvalue weighted by molar-refractivity contribution is 6.21. The number of carbonyl (C=O) groups excluding carboxylic acids is 2. The fraction of sp³-hybridized carbons (Fsp3) is 0.273. The summed E-state index contributed by atoms with van der Waals surface area (Å²) in [6, 6.07) is 7.82. The van der Waals surface area contributed by atoms with Crippen molar-refractivity contribution in [3.8, 4) is 0 Å². The zero-order valence-corrected chi connectivity index (χ0v) is 8.84. The summed E-state index contributed by atoms with van der Waals surface area (Å²) >= 11 is 0. The van der Waals surface area contributed by atoms with Crippen molar-refractivity contribution in [1.29, 1.82) is 0 Å². The van der Waals surface area contributed by atoms with Gasteiger partial charge < -0.3 is 10.1 Å². The van der Waals surface area contributed by atoms with E-state index in [-0.39, 0.29) is 12.5 Å². The van der Waals surface area contributed by atoms with Crippen molar-refractivity contribution in [2.45, 2.75) is 6.04 Å². The van der Waals surface area contributed by atoms with Crippen LogP contribution in [0.1, 0.15) is 0 Å². The first-order valence-corrected chi connectivity index (χ1v) is 4.92.